The molecule has 0 radical (unpaired) electrons. The zero-order valence-corrected chi connectivity index (χ0v) is 16.9. The van der Waals surface area contributed by atoms with E-state index in [-0.39, 0.29) is 29.7 Å². The van der Waals surface area contributed by atoms with E-state index in [9.17, 15) is 9.59 Å². The van der Waals surface area contributed by atoms with Crippen LogP contribution in [0.5, 0.6) is 0 Å². The van der Waals surface area contributed by atoms with Crippen molar-refractivity contribution in [2.75, 3.05) is 13.1 Å². The van der Waals surface area contributed by atoms with E-state index in [2.05, 4.69) is 50.4 Å². The second kappa shape index (κ2) is 9.20. The molecule has 144 valence electrons. The van der Waals surface area contributed by atoms with Crippen molar-refractivity contribution in [3.05, 3.63) is 35.4 Å². The molecule has 0 bridgehead atoms. The zero-order chi connectivity index (χ0) is 19.3. The van der Waals surface area contributed by atoms with Gasteiger partial charge in [0.15, 0.2) is 0 Å². The first-order valence-electron chi connectivity index (χ1n) is 10.0. The Morgan fingerprint density at radius 1 is 1.08 bits per heavy atom. The Labute approximate surface area is 158 Å². The third-order valence-electron chi connectivity index (χ3n) is 5.38. The van der Waals surface area contributed by atoms with Crippen molar-refractivity contribution in [3.8, 4) is 0 Å². The lowest BCUT2D eigenvalue weighted by Gasteiger charge is -2.33. The van der Waals surface area contributed by atoms with Gasteiger partial charge in [0.05, 0.1) is 6.04 Å². The number of carbonyl (C=O) groups excluding carboxylic acids is 2. The molecule has 1 atom stereocenters. The van der Waals surface area contributed by atoms with E-state index in [0.29, 0.717) is 19.0 Å². The van der Waals surface area contributed by atoms with E-state index in [4.69, 9.17) is 0 Å². The molecule has 0 saturated carbocycles. The number of carbonyl (C=O) groups is 2. The Morgan fingerprint density at radius 2 is 1.65 bits per heavy atom. The van der Waals surface area contributed by atoms with Crippen molar-refractivity contribution in [2.45, 2.75) is 59.9 Å². The van der Waals surface area contributed by atoms with Crippen LogP contribution < -0.4 is 5.32 Å². The van der Waals surface area contributed by atoms with Gasteiger partial charge >= 0.3 is 0 Å². The number of rotatable bonds is 6. The summed E-state index contributed by atoms with van der Waals surface area (Å²) >= 11 is 0. The highest BCUT2D eigenvalue weighted by Gasteiger charge is 2.30. The van der Waals surface area contributed by atoms with Crippen molar-refractivity contribution >= 4 is 11.8 Å². The molecule has 4 nitrogen and oxygen atoms in total. The van der Waals surface area contributed by atoms with Crippen LogP contribution >= 0.6 is 0 Å². The maximum atomic E-state index is 12.8. The molecule has 2 rings (SSSR count). The number of piperidine rings is 1. The molecule has 0 aliphatic carbocycles. The van der Waals surface area contributed by atoms with E-state index in [1.165, 1.54) is 5.56 Å². The highest BCUT2D eigenvalue weighted by atomic mass is 16.2. The summed E-state index contributed by atoms with van der Waals surface area (Å²) in [4.78, 5) is 26.8. The van der Waals surface area contributed by atoms with Gasteiger partial charge in [-0.2, -0.15) is 0 Å². The number of hydrogen-bond acceptors (Lipinski definition) is 2. The van der Waals surface area contributed by atoms with Crippen molar-refractivity contribution in [1.29, 1.82) is 0 Å². The third kappa shape index (κ3) is 5.09. The quantitative estimate of drug-likeness (QED) is 0.837. The van der Waals surface area contributed by atoms with Gasteiger partial charge in [-0.05, 0) is 36.3 Å². The molecule has 26 heavy (non-hydrogen) atoms. The van der Waals surface area contributed by atoms with Gasteiger partial charge in [-0.25, -0.2) is 0 Å². The number of amides is 2. The van der Waals surface area contributed by atoms with Gasteiger partial charge < -0.3 is 10.2 Å². The predicted octanol–water partition coefficient (Wildman–Crippen LogP) is 3.96. The first-order valence-corrected chi connectivity index (χ1v) is 10.0. The summed E-state index contributed by atoms with van der Waals surface area (Å²) < 4.78 is 0. The lowest BCUT2D eigenvalue weighted by atomic mass is 9.91. The van der Waals surface area contributed by atoms with Gasteiger partial charge in [0.25, 0.3) is 0 Å². The van der Waals surface area contributed by atoms with Gasteiger partial charge in [-0.1, -0.05) is 58.9 Å². The van der Waals surface area contributed by atoms with Crippen LogP contribution in [0.4, 0.5) is 0 Å². The molecule has 2 amide bonds. The fraction of sp³-hybridized carbons (Fsp3) is 0.636. The average molecular weight is 359 g/mol. The van der Waals surface area contributed by atoms with Crippen LogP contribution in [0.15, 0.2) is 24.3 Å². The molecule has 4 heteroatoms. The molecule has 1 aliphatic rings. The molecule has 1 aromatic rings. The van der Waals surface area contributed by atoms with Crippen LogP contribution in [-0.2, 0) is 16.0 Å². The Kier molecular flexibility index (Phi) is 7.24. The zero-order valence-electron chi connectivity index (χ0n) is 16.9. The van der Waals surface area contributed by atoms with E-state index < -0.39 is 0 Å². The smallest absolute Gasteiger partial charge is 0.225 e. The monoisotopic (exact) mass is 358 g/mol. The van der Waals surface area contributed by atoms with E-state index in [1.807, 2.05) is 18.7 Å². The maximum Gasteiger partial charge on any atom is 0.225 e. The topological polar surface area (TPSA) is 49.4 Å². The Balaban J connectivity index is 1.97. The second-order valence-corrected chi connectivity index (χ2v) is 8.08. The highest BCUT2D eigenvalue weighted by Crippen LogP contribution is 2.25. The molecule has 0 spiro atoms. The third-order valence-corrected chi connectivity index (χ3v) is 5.38. The first-order chi connectivity index (χ1) is 12.3. The van der Waals surface area contributed by atoms with Gasteiger partial charge in [0, 0.05) is 24.9 Å². The van der Waals surface area contributed by atoms with Crippen molar-refractivity contribution in [1.82, 2.24) is 10.2 Å². The fourth-order valence-electron chi connectivity index (χ4n) is 3.59. The van der Waals surface area contributed by atoms with Crippen molar-refractivity contribution < 1.29 is 9.59 Å². The number of nitrogens with one attached hydrogen (secondary N) is 1. The summed E-state index contributed by atoms with van der Waals surface area (Å²) in [7, 11) is 0. The van der Waals surface area contributed by atoms with E-state index >= 15 is 0 Å². The van der Waals surface area contributed by atoms with Gasteiger partial charge in [0.2, 0.25) is 11.8 Å². The van der Waals surface area contributed by atoms with Crippen LogP contribution in [0.25, 0.3) is 0 Å². The minimum absolute atomic E-state index is 0.00220. The summed E-state index contributed by atoms with van der Waals surface area (Å²) in [6.07, 6.45) is 2.53. The van der Waals surface area contributed by atoms with Crippen LogP contribution in [0.3, 0.4) is 0 Å². The average Bonchev–Trinajstić information content (AvgIpc) is 2.65. The predicted molar refractivity (Wildman–Crippen MR) is 106 cm³/mol. The Morgan fingerprint density at radius 3 is 2.12 bits per heavy atom. The Bertz CT molecular complexity index is 599. The summed E-state index contributed by atoms with van der Waals surface area (Å²) in [6, 6.07) is 8.59. The number of aryl methyl sites for hydroxylation is 1. The highest BCUT2D eigenvalue weighted by molar-refractivity contribution is 5.81. The fourth-order valence-corrected chi connectivity index (χ4v) is 3.59. The lowest BCUT2D eigenvalue weighted by molar-refractivity contribution is -0.138. The minimum atomic E-state index is 0.00220. The molecule has 1 aromatic carbocycles. The van der Waals surface area contributed by atoms with Crippen LogP contribution in [-0.4, -0.2) is 29.8 Å². The molecular weight excluding hydrogens is 324 g/mol. The molecule has 1 fully saturated rings. The first kappa shape index (κ1) is 20.5. The summed E-state index contributed by atoms with van der Waals surface area (Å²) in [5.74, 6) is 0.674. The van der Waals surface area contributed by atoms with E-state index in [0.717, 1.165) is 24.8 Å². The normalized spacial score (nSPS) is 16.8. The second-order valence-electron chi connectivity index (χ2n) is 8.08. The summed E-state index contributed by atoms with van der Waals surface area (Å²) in [5.41, 5.74) is 2.47. The molecule has 1 saturated heterocycles. The lowest BCUT2D eigenvalue weighted by Crippen LogP contribution is -2.45. The standard InChI is InChI=1S/C22H34N2O2/c1-6-17-7-9-18(10-8-17)20(15(2)3)23-21(25)19-11-13-24(14-12-19)22(26)16(4)5/h7-10,15-16,19-20H,6,11-14H2,1-5H3,(H,23,25). The van der Waals surface area contributed by atoms with Crippen LogP contribution in [0, 0.1) is 17.8 Å². The minimum Gasteiger partial charge on any atom is -0.349 e. The number of likely N-dealkylation sites (tertiary alicyclic amines) is 1. The molecule has 1 unspecified atom stereocenters. The summed E-state index contributed by atoms with van der Waals surface area (Å²) in [6.45, 7) is 11.7. The van der Waals surface area contributed by atoms with Gasteiger partial charge in [-0.3, -0.25) is 9.59 Å². The Hall–Kier alpha value is -1.84. The summed E-state index contributed by atoms with van der Waals surface area (Å²) in [5, 5.41) is 3.26. The van der Waals surface area contributed by atoms with Gasteiger partial charge in [0.1, 0.15) is 0 Å². The molecule has 1 heterocycles. The van der Waals surface area contributed by atoms with E-state index in [1.54, 1.807) is 0 Å². The van der Waals surface area contributed by atoms with Crippen LogP contribution in [0.2, 0.25) is 0 Å². The number of benzene rings is 1. The van der Waals surface area contributed by atoms with Crippen molar-refractivity contribution in [2.24, 2.45) is 17.8 Å². The molecule has 0 aromatic heterocycles. The SMILES string of the molecule is CCc1ccc(C(NC(=O)C2CCN(C(=O)C(C)C)CC2)C(C)C)cc1. The molecule has 1 aliphatic heterocycles. The maximum absolute atomic E-state index is 12.8. The number of hydrogen-bond donors (Lipinski definition) is 1. The number of nitrogens with zero attached hydrogens (tertiary/aromatic N) is 1. The van der Waals surface area contributed by atoms with Crippen molar-refractivity contribution in [3.63, 3.8) is 0 Å². The molecule has 1 N–H and O–H groups in total. The van der Waals surface area contributed by atoms with Crippen LogP contribution in [0.1, 0.15) is 64.6 Å². The van der Waals surface area contributed by atoms with Gasteiger partial charge in [-0.15, -0.1) is 0 Å². The largest absolute Gasteiger partial charge is 0.349 e. The molecular formula is C22H34N2O2.